The fourth-order valence-electron chi connectivity index (χ4n) is 1.08. The molecule has 0 aliphatic carbocycles. The van der Waals surface area contributed by atoms with E-state index in [1.807, 2.05) is 0 Å². The molecule has 2 aromatic rings. The van der Waals surface area contributed by atoms with E-state index in [4.69, 9.17) is 21.1 Å². The Morgan fingerprint density at radius 2 is 2.36 bits per heavy atom. The van der Waals surface area contributed by atoms with Crippen LogP contribution in [0.2, 0.25) is 5.22 Å². The van der Waals surface area contributed by atoms with E-state index in [2.05, 4.69) is 4.98 Å². The normalized spacial score (nSPS) is 10.7. The van der Waals surface area contributed by atoms with Crippen LogP contribution < -0.4 is 0 Å². The number of hydrogen-bond acceptors (Lipinski definition) is 4. The van der Waals surface area contributed by atoms with Crippen molar-refractivity contribution in [3.05, 3.63) is 28.4 Å². The Morgan fingerprint density at radius 1 is 1.50 bits per heavy atom. The van der Waals surface area contributed by atoms with E-state index in [1.165, 1.54) is 11.3 Å². The summed E-state index contributed by atoms with van der Waals surface area (Å²) in [6, 6.07) is 3.47. The standard InChI is InChI=1S/C9H8ClNO2S/c10-8-2-1-7(13-8)9-11-5-6(14-9)3-4-12/h1-2,5,12H,3-4H2. The van der Waals surface area contributed by atoms with Crippen molar-refractivity contribution >= 4 is 22.9 Å². The summed E-state index contributed by atoms with van der Waals surface area (Å²) in [6.45, 7) is 0.139. The Hall–Kier alpha value is -0.840. The molecule has 0 bridgehead atoms. The second kappa shape index (κ2) is 4.13. The maximum absolute atomic E-state index is 8.74. The summed E-state index contributed by atoms with van der Waals surface area (Å²) in [4.78, 5) is 5.21. The Labute approximate surface area is 90.0 Å². The van der Waals surface area contributed by atoms with Gasteiger partial charge in [-0.15, -0.1) is 11.3 Å². The molecule has 0 amide bonds. The fourth-order valence-corrected chi connectivity index (χ4v) is 2.09. The number of rotatable bonds is 3. The zero-order valence-corrected chi connectivity index (χ0v) is 8.81. The lowest BCUT2D eigenvalue weighted by Crippen LogP contribution is -1.84. The Bertz CT molecular complexity index is 424. The second-order valence-corrected chi connectivity index (χ2v) is 4.20. The maximum Gasteiger partial charge on any atom is 0.194 e. The average molecular weight is 230 g/mol. The van der Waals surface area contributed by atoms with Gasteiger partial charge in [0.15, 0.2) is 16.0 Å². The first kappa shape index (κ1) is 9.71. The highest BCUT2D eigenvalue weighted by Gasteiger charge is 2.08. The summed E-state index contributed by atoms with van der Waals surface area (Å²) in [5, 5.41) is 9.89. The van der Waals surface area contributed by atoms with Gasteiger partial charge < -0.3 is 9.52 Å². The average Bonchev–Trinajstić information content (AvgIpc) is 2.74. The van der Waals surface area contributed by atoms with E-state index < -0.39 is 0 Å². The first-order valence-electron chi connectivity index (χ1n) is 4.11. The molecule has 1 N–H and O–H groups in total. The first-order chi connectivity index (χ1) is 6.79. The van der Waals surface area contributed by atoms with Crippen molar-refractivity contribution in [1.29, 1.82) is 0 Å². The molecular formula is C9H8ClNO2S. The van der Waals surface area contributed by atoms with E-state index in [-0.39, 0.29) is 6.61 Å². The van der Waals surface area contributed by atoms with Crippen LogP contribution in [0.3, 0.4) is 0 Å². The predicted molar refractivity (Wildman–Crippen MR) is 55.6 cm³/mol. The van der Waals surface area contributed by atoms with E-state index in [1.54, 1.807) is 18.3 Å². The number of aliphatic hydroxyl groups excluding tert-OH is 1. The van der Waals surface area contributed by atoms with E-state index in [0.717, 1.165) is 9.88 Å². The molecule has 74 valence electrons. The Kier molecular flexibility index (Phi) is 2.86. The van der Waals surface area contributed by atoms with Gasteiger partial charge in [-0.1, -0.05) is 0 Å². The third kappa shape index (κ3) is 1.97. The Morgan fingerprint density at radius 3 is 3.00 bits per heavy atom. The molecule has 0 spiro atoms. The van der Waals surface area contributed by atoms with Crippen LogP contribution in [0.5, 0.6) is 0 Å². The van der Waals surface area contributed by atoms with Gasteiger partial charge >= 0.3 is 0 Å². The molecule has 0 saturated heterocycles. The predicted octanol–water partition coefficient (Wildman–Crippen LogP) is 2.59. The zero-order valence-electron chi connectivity index (χ0n) is 7.24. The number of aliphatic hydroxyl groups is 1. The molecule has 2 heterocycles. The summed E-state index contributed by atoms with van der Waals surface area (Å²) in [5.41, 5.74) is 0. The number of halogens is 1. The van der Waals surface area contributed by atoms with Crippen molar-refractivity contribution in [2.24, 2.45) is 0 Å². The van der Waals surface area contributed by atoms with Crippen LogP contribution in [-0.4, -0.2) is 16.7 Å². The highest BCUT2D eigenvalue weighted by molar-refractivity contribution is 7.14. The van der Waals surface area contributed by atoms with Crippen LogP contribution in [0.25, 0.3) is 10.8 Å². The van der Waals surface area contributed by atoms with Crippen molar-refractivity contribution in [2.75, 3.05) is 6.61 Å². The highest BCUT2D eigenvalue weighted by Crippen LogP contribution is 2.28. The molecule has 0 aromatic carbocycles. The third-order valence-electron chi connectivity index (χ3n) is 1.70. The topological polar surface area (TPSA) is 46.3 Å². The largest absolute Gasteiger partial charge is 0.442 e. The van der Waals surface area contributed by atoms with Gasteiger partial charge in [-0.25, -0.2) is 4.98 Å². The molecule has 5 heteroatoms. The molecule has 0 aliphatic rings. The molecular weight excluding hydrogens is 222 g/mol. The van der Waals surface area contributed by atoms with Crippen molar-refractivity contribution in [1.82, 2.24) is 4.98 Å². The number of aromatic nitrogens is 1. The van der Waals surface area contributed by atoms with E-state index >= 15 is 0 Å². The lowest BCUT2D eigenvalue weighted by Gasteiger charge is -1.88. The van der Waals surface area contributed by atoms with Crippen molar-refractivity contribution in [3.8, 4) is 10.8 Å². The van der Waals surface area contributed by atoms with Crippen LogP contribution in [0.15, 0.2) is 22.7 Å². The van der Waals surface area contributed by atoms with Crippen LogP contribution in [0, 0.1) is 0 Å². The van der Waals surface area contributed by atoms with Gasteiger partial charge in [-0.3, -0.25) is 0 Å². The lowest BCUT2D eigenvalue weighted by molar-refractivity contribution is 0.300. The summed E-state index contributed by atoms with van der Waals surface area (Å²) in [7, 11) is 0. The third-order valence-corrected chi connectivity index (χ3v) is 2.97. The molecule has 0 saturated carbocycles. The van der Waals surface area contributed by atoms with Gasteiger partial charge in [0.2, 0.25) is 0 Å². The lowest BCUT2D eigenvalue weighted by atomic mass is 10.4. The van der Waals surface area contributed by atoms with Gasteiger partial charge in [0.05, 0.1) is 0 Å². The summed E-state index contributed by atoms with van der Waals surface area (Å²) in [6.07, 6.45) is 2.37. The highest BCUT2D eigenvalue weighted by atomic mass is 35.5. The van der Waals surface area contributed by atoms with Gasteiger partial charge in [0, 0.05) is 24.1 Å². The minimum absolute atomic E-state index is 0.139. The van der Waals surface area contributed by atoms with E-state index in [0.29, 0.717) is 17.4 Å². The fraction of sp³-hybridized carbons (Fsp3) is 0.222. The molecule has 14 heavy (non-hydrogen) atoms. The van der Waals surface area contributed by atoms with Crippen LogP contribution in [0.1, 0.15) is 4.88 Å². The molecule has 2 aromatic heterocycles. The first-order valence-corrected chi connectivity index (χ1v) is 5.30. The molecule has 3 nitrogen and oxygen atoms in total. The van der Waals surface area contributed by atoms with Gasteiger partial charge in [0.25, 0.3) is 0 Å². The monoisotopic (exact) mass is 229 g/mol. The molecule has 0 fully saturated rings. The summed E-state index contributed by atoms with van der Waals surface area (Å²) in [5.74, 6) is 0.671. The maximum atomic E-state index is 8.74. The van der Waals surface area contributed by atoms with Crippen LogP contribution in [0.4, 0.5) is 0 Å². The molecule has 0 atom stereocenters. The summed E-state index contributed by atoms with van der Waals surface area (Å²) >= 11 is 7.15. The quantitative estimate of drug-likeness (QED) is 0.880. The van der Waals surface area contributed by atoms with Crippen LogP contribution in [-0.2, 0) is 6.42 Å². The number of nitrogens with zero attached hydrogens (tertiary/aromatic N) is 1. The molecule has 2 rings (SSSR count). The van der Waals surface area contributed by atoms with Crippen LogP contribution >= 0.6 is 22.9 Å². The van der Waals surface area contributed by atoms with Crippen molar-refractivity contribution < 1.29 is 9.52 Å². The minimum atomic E-state index is 0.139. The smallest absolute Gasteiger partial charge is 0.194 e. The van der Waals surface area contributed by atoms with Crippen molar-refractivity contribution in [2.45, 2.75) is 6.42 Å². The Balaban J connectivity index is 2.24. The summed E-state index contributed by atoms with van der Waals surface area (Å²) < 4.78 is 5.21. The zero-order chi connectivity index (χ0) is 9.97. The molecule has 0 aliphatic heterocycles. The SMILES string of the molecule is OCCc1cnc(-c2ccc(Cl)o2)s1. The number of hydrogen-bond donors (Lipinski definition) is 1. The molecule has 0 radical (unpaired) electrons. The number of thiazole rings is 1. The van der Waals surface area contributed by atoms with Gasteiger partial charge in [0.1, 0.15) is 0 Å². The van der Waals surface area contributed by atoms with Gasteiger partial charge in [-0.2, -0.15) is 0 Å². The number of furan rings is 1. The minimum Gasteiger partial charge on any atom is -0.442 e. The molecule has 0 unspecified atom stereocenters. The van der Waals surface area contributed by atoms with Crippen molar-refractivity contribution in [3.63, 3.8) is 0 Å². The van der Waals surface area contributed by atoms with Gasteiger partial charge in [-0.05, 0) is 23.7 Å². The van der Waals surface area contributed by atoms with E-state index in [9.17, 15) is 0 Å². The second-order valence-electron chi connectivity index (χ2n) is 2.71.